The van der Waals surface area contributed by atoms with Crippen LogP contribution < -0.4 is 10.5 Å². The Labute approximate surface area is 156 Å². The minimum Gasteiger partial charge on any atom is -0.462 e. The lowest BCUT2D eigenvalue weighted by Crippen LogP contribution is -2.27. The largest absolute Gasteiger partial charge is 0.462 e. The van der Waals surface area contributed by atoms with Gasteiger partial charge in [0.1, 0.15) is 17.1 Å². The first kappa shape index (κ1) is 17.1. The second-order valence-electron chi connectivity index (χ2n) is 6.32. The predicted octanol–water partition coefficient (Wildman–Crippen LogP) is 4.24. The van der Waals surface area contributed by atoms with Gasteiger partial charge in [0.25, 0.3) is 0 Å². The Hall–Kier alpha value is -3.34. The van der Waals surface area contributed by atoms with Crippen molar-refractivity contribution >= 4 is 16.7 Å². The van der Waals surface area contributed by atoms with Crippen LogP contribution in [0.4, 0.5) is 4.39 Å². The summed E-state index contributed by atoms with van der Waals surface area (Å²) in [6, 6.07) is 17.8. The van der Waals surface area contributed by atoms with Gasteiger partial charge in [-0.05, 0) is 47.5 Å². The third-order valence-corrected chi connectivity index (χ3v) is 4.66. The van der Waals surface area contributed by atoms with Gasteiger partial charge < -0.3 is 15.2 Å². The Balaban J connectivity index is 1.95. The molecule has 0 fully saturated rings. The van der Waals surface area contributed by atoms with Gasteiger partial charge in [0.15, 0.2) is 0 Å². The molecule has 1 unspecified atom stereocenters. The van der Waals surface area contributed by atoms with Gasteiger partial charge in [-0.2, -0.15) is 0 Å². The van der Waals surface area contributed by atoms with Gasteiger partial charge >= 0.3 is 5.97 Å². The monoisotopic (exact) mass is 363 g/mol. The minimum atomic E-state index is -0.539. The fourth-order valence-electron chi connectivity index (χ4n) is 3.45. The molecule has 1 atom stereocenters. The summed E-state index contributed by atoms with van der Waals surface area (Å²) in [5, 5.41) is 2.01. The number of hydrogen-bond donors (Lipinski definition) is 1. The van der Waals surface area contributed by atoms with E-state index in [9.17, 15) is 9.18 Å². The second-order valence-corrected chi connectivity index (χ2v) is 6.32. The maximum Gasteiger partial charge on any atom is 0.340 e. The number of halogens is 1. The summed E-state index contributed by atoms with van der Waals surface area (Å²) >= 11 is 0. The average Bonchev–Trinajstić information content (AvgIpc) is 2.66. The molecule has 4 rings (SSSR count). The number of esters is 1. The highest BCUT2D eigenvalue weighted by molar-refractivity contribution is 5.94. The van der Waals surface area contributed by atoms with Crippen molar-refractivity contribution in [3.05, 3.63) is 89.1 Å². The van der Waals surface area contributed by atoms with Crippen molar-refractivity contribution in [1.29, 1.82) is 0 Å². The van der Waals surface area contributed by atoms with E-state index in [2.05, 4.69) is 0 Å². The predicted molar refractivity (Wildman–Crippen MR) is 101 cm³/mol. The van der Waals surface area contributed by atoms with E-state index < -0.39 is 11.9 Å². The molecule has 0 aromatic heterocycles. The molecule has 27 heavy (non-hydrogen) atoms. The van der Waals surface area contributed by atoms with Crippen LogP contribution in [0, 0.1) is 5.82 Å². The van der Waals surface area contributed by atoms with Crippen LogP contribution in [0.1, 0.15) is 24.0 Å². The van der Waals surface area contributed by atoms with Crippen LogP contribution in [-0.4, -0.2) is 12.6 Å². The maximum atomic E-state index is 13.5. The molecule has 0 radical (unpaired) electrons. The number of benzene rings is 3. The molecule has 0 bridgehead atoms. The summed E-state index contributed by atoms with van der Waals surface area (Å²) in [4.78, 5) is 12.6. The first-order valence-electron chi connectivity index (χ1n) is 8.71. The van der Waals surface area contributed by atoms with Crippen molar-refractivity contribution in [3.63, 3.8) is 0 Å². The summed E-state index contributed by atoms with van der Waals surface area (Å²) in [6.45, 7) is 1.95. The molecular weight excluding hydrogens is 345 g/mol. The topological polar surface area (TPSA) is 61.5 Å². The number of nitrogens with two attached hydrogens (primary N) is 1. The zero-order chi connectivity index (χ0) is 19.0. The summed E-state index contributed by atoms with van der Waals surface area (Å²) in [5.41, 5.74) is 7.86. The van der Waals surface area contributed by atoms with E-state index >= 15 is 0 Å². The Morgan fingerprint density at radius 2 is 1.78 bits per heavy atom. The van der Waals surface area contributed by atoms with Gasteiger partial charge in [0.2, 0.25) is 5.88 Å². The molecule has 0 amide bonds. The lowest BCUT2D eigenvalue weighted by molar-refractivity contribution is -0.139. The Bertz CT molecular complexity index is 1060. The number of hydrogen-bond acceptors (Lipinski definition) is 4. The first-order chi connectivity index (χ1) is 13.1. The van der Waals surface area contributed by atoms with Crippen molar-refractivity contribution in [3.8, 4) is 5.75 Å². The number of ether oxygens (including phenoxy) is 2. The van der Waals surface area contributed by atoms with Gasteiger partial charge in [-0.3, -0.25) is 0 Å². The number of fused-ring (bicyclic) bond motifs is 2. The molecule has 3 aromatic carbocycles. The third-order valence-electron chi connectivity index (χ3n) is 4.66. The standard InChI is InChI=1S/C22H18FNO3/c1-2-26-22(25)20-19(13-7-9-16(23)10-8-13)17-11-14-5-3-4-6-15(14)12-18(17)27-21(20)24/h3-12,19H,2,24H2,1H3. The molecule has 0 spiro atoms. The van der Waals surface area contributed by atoms with E-state index in [4.69, 9.17) is 15.2 Å². The minimum absolute atomic E-state index is 0.00514. The van der Waals surface area contributed by atoms with E-state index in [1.165, 1.54) is 12.1 Å². The van der Waals surface area contributed by atoms with Crippen LogP contribution in [0.2, 0.25) is 0 Å². The zero-order valence-electron chi connectivity index (χ0n) is 14.7. The van der Waals surface area contributed by atoms with Crippen molar-refractivity contribution in [2.24, 2.45) is 5.73 Å². The lowest BCUT2D eigenvalue weighted by atomic mass is 9.82. The van der Waals surface area contributed by atoms with Crippen molar-refractivity contribution in [2.75, 3.05) is 6.61 Å². The smallest absolute Gasteiger partial charge is 0.340 e. The van der Waals surface area contributed by atoms with E-state index in [-0.39, 0.29) is 23.9 Å². The number of rotatable bonds is 3. The molecule has 136 valence electrons. The molecular formula is C22H18FNO3. The summed E-state index contributed by atoms with van der Waals surface area (Å²) in [7, 11) is 0. The third kappa shape index (κ3) is 3.01. The molecule has 1 aliphatic rings. The second kappa shape index (κ2) is 6.76. The highest BCUT2D eigenvalue weighted by Crippen LogP contribution is 2.44. The van der Waals surface area contributed by atoms with Crippen LogP contribution in [0.15, 0.2) is 72.1 Å². The van der Waals surface area contributed by atoms with E-state index in [1.807, 2.05) is 36.4 Å². The summed E-state index contributed by atoms with van der Waals surface area (Å²) < 4.78 is 24.4. The molecule has 0 saturated heterocycles. The molecule has 5 heteroatoms. The quantitative estimate of drug-likeness (QED) is 0.707. The SMILES string of the molecule is CCOC(=O)C1=C(N)Oc2cc3ccccc3cc2C1c1ccc(F)cc1. The number of carbonyl (C=O) groups is 1. The molecule has 3 aromatic rings. The van der Waals surface area contributed by atoms with Crippen molar-refractivity contribution < 1.29 is 18.7 Å². The van der Waals surface area contributed by atoms with Crippen LogP contribution >= 0.6 is 0 Å². The highest BCUT2D eigenvalue weighted by Gasteiger charge is 2.35. The van der Waals surface area contributed by atoms with E-state index in [1.54, 1.807) is 19.1 Å². The lowest BCUT2D eigenvalue weighted by Gasteiger charge is -2.29. The van der Waals surface area contributed by atoms with Gasteiger partial charge in [-0.1, -0.05) is 36.4 Å². The van der Waals surface area contributed by atoms with Gasteiger partial charge in [-0.15, -0.1) is 0 Å². The van der Waals surface area contributed by atoms with E-state index in [0.717, 1.165) is 21.9 Å². The van der Waals surface area contributed by atoms with Crippen molar-refractivity contribution in [1.82, 2.24) is 0 Å². The molecule has 2 N–H and O–H groups in total. The molecule has 0 saturated carbocycles. The van der Waals surface area contributed by atoms with Crippen LogP contribution in [0.5, 0.6) is 5.75 Å². The molecule has 4 nitrogen and oxygen atoms in total. The molecule has 0 aliphatic carbocycles. The molecule has 1 aliphatic heterocycles. The number of carbonyl (C=O) groups excluding carboxylic acids is 1. The van der Waals surface area contributed by atoms with Gasteiger partial charge in [0, 0.05) is 5.56 Å². The van der Waals surface area contributed by atoms with Crippen molar-refractivity contribution in [2.45, 2.75) is 12.8 Å². The van der Waals surface area contributed by atoms with Gasteiger partial charge in [-0.25, -0.2) is 9.18 Å². The fourth-order valence-corrected chi connectivity index (χ4v) is 3.45. The fraction of sp³-hybridized carbons (Fsp3) is 0.136. The highest BCUT2D eigenvalue weighted by atomic mass is 19.1. The van der Waals surface area contributed by atoms with Crippen LogP contribution in [0.25, 0.3) is 10.8 Å². The maximum absolute atomic E-state index is 13.5. The van der Waals surface area contributed by atoms with Crippen LogP contribution in [0.3, 0.4) is 0 Å². The average molecular weight is 363 g/mol. The normalized spacial score (nSPS) is 16.0. The van der Waals surface area contributed by atoms with Gasteiger partial charge in [0.05, 0.1) is 12.5 Å². The van der Waals surface area contributed by atoms with E-state index in [0.29, 0.717) is 5.75 Å². The Kier molecular flexibility index (Phi) is 4.28. The Morgan fingerprint density at radius 3 is 2.44 bits per heavy atom. The zero-order valence-corrected chi connectivity index (χ0v) is 14.7. The summed E-state index contributed by atoms with van der Waals surface area (Å²) in [6.07, 6.45) is 0. The molecule has 1 heterocycles. The Morgan fingerprint density at radius 1 is 1.11 bits per heavy atom. The first-order valence-corrected chi connectivity index (χ1v) is 8.71. The summed E-state index contributed by atoms with van der Waals surface area (Å²) in [5.74, 6) is -0.806. The van der Waals surface area contributed by atoms with Crippen LogP contribution in [-0.2, 0) is 9.53 Å².